The normalized spacial score (nSPS) is 23.4. The first-order valence-corrected chi connectivity index (χ1v) is 6.84. The number of likely N-dealkylation sites (tertiary alicyclic amines) is 1. The second-order valence-electron chi connectivity index (χ2n) is 6.03. The lowest BCUT2D eigenvalue weighted by Crippen LogP contribution is -2.48. The van der Waals surface area contributed by atoms with Crippen LogP contribution in [-0.2, 0) is 19.0 Å². The number of ether oxygens (including phenoxy) is 3. The lowest BCUT2D eigenvalue weighted by Gasteiger charge is -2.37. The van der Waals surface area contributed by atoms with Crippen molar-refractivity contribution in [2.75, 3.05) is 27.3 Å². The molecule has 0 N–H and O–H groups in total. The third-order valence-corrected chi connectivity index (χ3v) is 3.28. The summed E-state index contributed by atoms with van der Waals surface area (Å²) in [5.41, 5.74) is -0.521. The zero-order valence-electron chi connectivity index (χ0n) is 13.0. The number of piperidine rings is 1. The highest BCUT2D eigenvalue weighted by molar-refractivity contribution is 5.70. The number of hydrogen-bond acceptors (Lipinski definition) is 5. The maximum Gasteiger partial charge on any atom is 0.410 e. The van der Waals surface area contributed by atoms with Crippen molar-refractivity contribution in [3.05, 3.63) is 0 Å². The van der Waals surface area contributed by atoms with Gasteiger partial charge in [0.05, 0.1) is 19.6 Å². The molecule has 116 valence electrons. The Labute approximate surface area is 120 Å². The molecule has 1 fully saturated rings. The van der Waals surface area contributed by atoms with Crippen molar-refractivity contribution in [3.8, 4) is 0 Å². The van der Waals surface area contributed by atoms with Crippen molar-refractivity contribution in [1.29, 1.82) is 0 Å². The molecule has 0 radical (unpaired) electrons. The SMILES string of the molecule is COC(=O)C[C@H]1CN(C(=O)OC(C)(C)C)CC[C@@H]1OC. The highest BCUT2D eigenvalue weighted by Gasteiger charge is 2.34. The van der Waals surface area contributed by atoms with Crippen LogP contribution in [0.15, 0.2) is 0 Å². The van der Waals surface area contributed by atoms with Gasteiger partial charge in [-0.25, -0.2) is 4.79 Å². The molecule has 1 rings (SSSR count). The summed E-state index contributed by atoms with van der Waals surface area (Å²) in [6.07, 6.45) is 0.556. The molecule has 1 saturated heterocycles. The van der Waals surface area contributed by atoms with Gasteiger partial charge in [-0.2, -0.15) is 0 Å². The van der Waals surface area contributed by atoms with E-state index in [2.05, 4.69) is 0 Å². The Morgan fingerprint density at radius 3 is 2.40 bits per heavy atom. The molecular formula is C14H25NO5. The van der Waals surface area contributed by atoms with Crippen molar-refractivity contribution in [3.63, 3.8) is 0 Å². The Morgan fingerprint density at radius 1 is 1.25 bits per heavy atom. The Morgan fingerprint density at radius 2 is 1.90 bits per heavy atom. The lowest BCUT2D eigenvalue weighted by atomic mass is 9.92. The Balaban J connectivity index is 2.64. The first-order valence-electron chi connectivity index (χ1n) is 6.84. The number of nitrogens with zero attached hydrogens (tertiary/aromatic N) is 1. The molecule has 2 atom stereocenters. The van der Waals surface area contributed by atoms with Crippen LogP contribution in [0.4, 0.5) is 4.79 Å². The summed E-state index contributed by atoms with van der Waals surface area (Å²) in [5, 5.41) is 0. The van der Waals surface area contributed by atoms with E-state index in [4.69, 9.17) is 14.2 Å². The summed E-state index contributed by atoms with van der Waals surface area (Å²) in [7, 11) is 2.98. The summed E-state index contributed by atoms with van der Waals surface area (Å²) >= 11 is 0. The zero-order chi connectivity index (χ0) is 15.3. The van der Waals surface area contributed by atoms with Gasteiger partial charge in [0, 0.05) is 26.1 Å². The molecule has 20 heavy (non-hydrogen) atoms. The third-order valence-electron chi connectivity index (χ3n) is 3.28. The molecule has 6 heteroatoms. The van der Waals surface area contributed by atoms with Gasteiger partial charge >= 0.3 is 12.1 Å². The van der Waals surface area contributed by atoms with Crippen molar-refractivity contribution in [1.82, 2.24) is 4.90 Å². The van der Waals surface area contributed by atoms with Gasteiger partial charge in [-0.3, -0.25) is 4.79 Å². The molecule has 1 amide bonds. The topological polar surface area (TPSA) is 65.1 Å². The van der Waals surface area contributed by atoms with Gasteiger partial charge in [0.25, 0.3) is 0 Å². The van der Waals surface area contributed by atoms with Crippen molar-refractivity contribution < 1.29 is 23.8 Å². The highest BCUT2D eigenvalue weighted by atomic mass is 16.6. The summed E-state index contributed by atoms with van der Waals surface area (Å²) in [6.45, 7) is 6.52. The van der Waals surface area contributed by atoms with Crippen LogP contribution >= 0.6 is 0 Å². The Bertz CT molecular complexity index is 350. The van der Waals surface area contributed by atoms with Gasteiger partial charge in [-0.05, 0) is 27.2 Å². The van der Waals surface area contributed by atoms with E-state index in [1.54, 1.807) is 12.0 Å². The minimum atomic E-state index is -0.521. The molecule has 0 bridgehead atoms. The maximum absolute atomic E-state index is 12.1. The number of carbonyl (C=O) groups is 2. The predicted molar refractivity (Wildman–Crippen MR) is 73.3 cm³/mol. The Kier molecular flexibility index (Phi) is 5.80. The average Bonchev–Trinajstić information content (AvgIpc) is 2.36. The van der Waals surface area contributed by atoms with Crippen molar-refractivity contribution in [2.24, 2.45) is 5.92 Å². The molecule has 0 unspecified atom stereocenters. The van der Waals surface area contributed by atoms with Gasteiger partial charge < -0.3 is 19.1 Å². The lowest BCUT2D eigenvalue weighted by molar-refractivity contribution is -0.144. The molecule has 1 aliphatic rings. The fraction of sp³-hybridized carbons (Fsp3) is 0.857. The molecule has 0 aromatic rings. The van der Waals surface area contributed by atoms with Crippen molar-refractivity contribution >= 4 is 12.1 Å². The molecular weight excluding hydrogens is 262 g/mol. The molecule has 6 nitrogen and oxygen atoms in total. The standard InChI is InChI=1S/C14H25NO5/c1-14(2,3)20-13(17)15-7-6-11(18-4)10(9-15)8-12(16)19-5/h10-11H,6-9H2,1-5H3/t10-,11-/m0/s1. The van der Waals surface area contributed by atoms with Crippen LogP contribution in [-0.4, -0.2) is 56.0 Å². The number of methoxy groups -OCH3 is 2. The summed E-state index contributed by atoms with van der Waals surface area (Å²) in [6, 6.07) is 0. The van der Waals surface area contributed by atoms with Gasteiger partial charge in [0.15, 0.2) is 0 Å². The average molecular weight is 287 g/mol. The first-order chi connectivity index (χ1) is 9.26. The summed E-state index contributed by atoms with van der Waals surface area (Å²) in [4.78, 5) is 25.1. The van der Waals surface area contributed by atoms with E-state index in [1.165, 1.54) is 7.11 Å². The predicted octanol–water partition coefficient (Wildman–Crippen LogP) is 1.82. The van der Waals surface area contributed by atoms with Gasteiger partial charge in [0.1, 0.15) is 5.60 Å². The number of esters is 1. The molecule has 0 aromatic heterocycles. The first kappa shape index (κ1) is 16.8. The zero-order valence-corrected chi connectivity index (χ0v) is 13.0. The van der Waals surface area contributed by atoms with E-state index < -0.39 is 5.60 Å². The Hall–Kier alpha value is -1.30. The summed E-state index contributed by atoms with van der Waals surface area (Å²) in [5.74, 6) is -0.350. The highest BCUT2D eigenvalue weighted by Crippen LogP contribution is 2.24. The van der Waals surface area contributed by atoms with Crippen LogP contribution in [0.25, 0.3) is 0 Å². The number of amides is 1. The molecule has 1 heterocycles. The van der Waals surface area contributed by atoms with E-state index >= 15 is 0 Å². The minimum Gasteiger partial charge on any atom is -0.469 e. The van der Waals surface area contributed by atoms with Gasteiger partial charge in [-0.15, -0.1) is 0 Å². The van der Waals surface area contributed by atoms with Crippen LogP contribution in [0.5, 0.6) is 0 Å². The monoisotopic (exact) mass is 287 g/mol. The maximum atomic E-state index is 12.1. The smallest absolute Gasteiger partial charge is 0.410 e. The molecule has 0 saturated carbocycles. The molecule has 1 aliphatic heterocycles. The number of hydrogen-bond donors (Lipinski definition) is 0. The number of carbonyl (C=O) groups excluding carboxylic acids is 2. The van der Waals surface area contributed by atoms with Gasteiger partial charge in [-0.1, -0.05) is 0 Å². The van der Waals surface area contributed by atoms with E-state index in [0.29, 0.717) is 19.5 Å². The minimum absolute atomic E-state index is 0.0345. The second-order valence-corrected chi connectivity index (χ2v) is 6.03. The fourth-order valence-electron chi connectivity index (χ4n) is 2.31. The second kappa shape index (κ2) is 6.92. The van der Waals surface area contributed by atoms with E-state index in [1.807, 2.05) is 20.8 Å². The van der Waals surface area contributed by atoms with Crippen LogP contribution in [0, 0.1) is 5.92 Å². The van der Waals surface area contributed by atoms with Crippen LogP contribution in [0.2, 0.25) is 0 Å². The van der Waals surface area contributed by atoms with E-state index in [9.17, 15) is 9.59 Å². The molecule has 0 spiro atoms. The fourth-order valence-corrected chi connectivity index (χ4v) is 2.31. The van der Waals surface area contributed by atoms with E-state index in [0.717, 1.165) is 0 Å². The summed E-state index contributed by atoms with van der Waals surface area (Å²) < 4.78 is 15.4. The van der Waals surface area contributed by atoms with Gasteiger partial charge in [0.2, 0.25) is 0 Å². The molecule has 0 aromatic carbocycles. The largest absolute Gasteiger partial charge is 0.469 e. The van der Waals surface area contributed by atoms with Crippen molar-refractivity contribution in [2.45, 2.75) is 45.3 Å². The van der Waals surface area contributed by atoms with Crippen LogP contribution < -0.4 is 0 Å². The van der Waals surface area contributed by atoms with Crippen LogP contribution in [0.3, 0.4) is 0 Å². The number of rotatable bonds is 3. The quantitative estimate of drug-likeness (QED) is 0.741. The third kappa shape index (κ3) is 5.00. The molecule has 0 aliphatic carbocycles. The van der Waals surface area contributed by atoms with E-state index in [-0.39, 0.29) is 30.5 Å². The van der Waals surface area contributed by atoms with Crippen LogP contribution in [0.1, 0.15) is 33.6 Å².